The van der Waals surface area contributed by atoms with E-state index in [1.807, 2.05) is 0 Å². The molecule has 236 valence electrons. The molecule has 0 aromatic carbocycles. The molecule has 1 saturated heterocycles. The van der Waals surface area contributed by atoms with Gasteiger partial charge < -0.3 is 9.47 Å². The molecule has 0 aliphatic carbocycles. The number of hydrogen-bond donors (Lipinski definition) is 0. The average molecular weight is 561 g/mol. The van der Waals surface area contributed by atoms with Crippen molar-refractivity contribution in [3.05, 3.63) is 24.3 Å². The zero-order valence-corrected chi connectivity index (χ0v) is 27.5. The Morgan fingerprint density at radius 2 is 0.850 bits per heavy atom. The molecule has 1 fully saturated rings. The number of unbranched alkanes of at least 4 members (excludes halogenated alkanes) is 23. The second kappa shape index (κ2) is 31.3. The zero-order chi connectivity index (χ0) is 28.6. The van der Waals surface area contributed by atoms with E-state index in [0.29, 0.717) is 12.2 Å². The quantitative estimate of drug-likeness (QED) is 0.0452. The van der Waals surface area contributed by atoms with Crippen LogP contribution in [0.15, 0.2) is 24.3 Å². The van der Waals surface area contributed by atoms with E-state index < -0.39 is 0 Å². The van der Waals surface area contributed by atoms with Gasteiger partial charge in [-0.05, 0) is 64.2 Å². The van der Waals surface area contributed by atoms with E-state index in [1.165, 1.54) is 180 Å². The molecule has 0 N–H and O–H groups in total. The highest BCUT2D eigenvalue weighted by molar-refractivity contribution is 4.82. The Bertz CT molecular complexity index is 536. The minimum absolute atomic E-state index is 0.355. The molecule has 1 rings (SSSR count). The number of hydrogen-bond acceptors (Lipinski definition) is 2. The zero-order valence-electron chi connectivity index (χ0n) is 27.5. The van der Waals surface area contributed by atoms with Crippen LogP contribution >= 0.6 is 0 Å². The van der Waals surface area contributed by atoms with Gasteiger partial charge in [-0.3, -0.25) is 0 Å². The lowest BCUT2D eigenvalue weighted by Gasteiger charge is -2.15. The molecule has 1 aliphatic heterocycles. The summed E-state index contributed by atoms with van der Waals surface area (Å²) in [4.78, 5) is 0. The van der Waals surface area contributed by atoms with Gasteiger partial charge in [0.15, 0.2) is 0 Å². The van der Waals surface area contributed by atoms with Crippen molar-refractivity contribution in [1.29, 1.82) is 0 Å². The monoisotopic (exact) mass is 561 g/mol. The Kier molecular flexibility index (Phi) is 29.3. The van der Waals surface area contributed by atoms with E-state index in [-0.39, 0.29) is 0 Å². The van der Waals surface area contributed by atoms with Gasteiger partial charge in [0.05, 0.1) is 12.7 Å². The Hall–Kier alpha value is -0.600. The third-order valence-corrected chi connectivity index (χ3v) is 8.51. The van der Waals surface area contributed by atoms with Gasteiger partial charge in [-0.1, -0.05) is 154 Å². The van der Waals surface area contributed by atoms with Crippen LogP contribution in [0.1, 0.15) is 194 Å². The highest BCUT2D eigenvalue weighted by atomic mass is 16.6. The van der Waals surface area contributed by atoms with Gasteiger partial charge in [0.25, 0.3) is 0 Å². The summed E-state index contributed by atoms with van der Waals surface area (Å²) < 4.78 is 11.9. The van der Waals surface area contributed by atoms with Crippen LogP contribution in [-0.4, -0.2) is 25.4 Å². The van der Waals surface area contributed by atoms with Crippen LogP contribution in [0.5, 0.6) is 0 Å². The lowest BCUT2D eigenvalue weighted by molar-refractivity contribution is 0.0240. The maximum Gasteiger partial charge on any atom is 0.107 e. The van der Waals surface area contributed by atoms with Gasteiger partial charge in [-0.2, -0.15) is 0 Å². The van der Waals surface area contributed by atoms with Crippen molar-refractivity contribution in [1.82, 2.24) is 0 Å². The van der Waals surface area contributed by atoms with Gasteiger partial charge >= 0.3 is 0 Å². The van der Waals surface area contributed by atoms with Crippen LogP contribution in [0, 0.1) is 0 Å². The first-order valence-electron chi connectivity index (χ1n) is 18.4. The third-order valence-electron chi connectivity index (χ3n) is 8.51. The Morgan fingerprint density at radius 3 is 1.25 bits per heavy atom. The average Bonchev–Trinajstić information content (AvgIpc) is 3.81. The third kappa shape index (κ3) is 27.6. The van der Waals surface area contributed by atoms with E-state index in [2.05, 4.69) is 38.2 Å². The normalized spacial score (nSPS) is 16.0. The fraction of sp³-hybridized carbons (Fsp3) is 0.895. The van der Waals surface area contributed by atoms with E-state index in [4.69, 9.17) is 9.47 Å². The molecule has 0 aromatic heterocycles. The lowest BCUT2D eigenvalue weighted by Crippen LogP contribution is -2.20. The van der Waals surface area contributed by atoms with Crippen LogP contribution in [0.3, 0.4) is 0 Å². The molecule has 40 heavy (non-hydrogen) atoms. The number of allylic oxidation sites excluding steroid dienone is 4. The highest BCUT2D eigenvalue weighted by Crippen LogP contribution is 2.23. The van der Waals surface area contributed by atoms with Gasteiger partial charge in [0.2, 0.25) is 0 Å². The summed E-state index contributed by atoms with van der Waals surface area (Å²) in [5.41, 5.74) is 0. The Morgan fingerprint density at radius 1 is 0.500 bits per heavy atom. The number of epoxide rings is 1. The number of rotatable bonds is 33. The predicted molar refractivity (Wildman–Crippen MR) is 178 cm³/mol. The molecular weight excluding hydrogens is 488 g/mol. The standard InChI is InChI=1S/C38H72O2/c1-3-5-7-9-11-13-15-17-19-21-23-25-27-29-31-33-35-39-37(38-36-40-38)34-32-30-28-26-24-22-20-18-16-14-12-10-8-6-4-2/h17-20,37-38H,3-16,21-36H2,1-2H3/b19-17-,20-18-. The van der Waals surface area contributed by atoms with E-state index in [9.17, 15) is 0 Å². The summed E-state index contributed by atoms with van der Waals surface area (Å²) in [5, 5.41) is 0. The second-order valence-corrected chi connectivity index (χ2v) is 12.6. The highest BCUT2D eigenvalue weighted by Gasteiger charge is 2.32. The first kappa shape index (κ1) is 37.4. The molecule has 1 aliphatic rings. The van der Waals surface area contributed by atoms with Crippen molar-refractivity contribution in [2.45, 2.75) is 206 Å². The SMILES string of the molecule is CCCCCCCC/C=C\CCCCCCCCOC(CCCCCCC/C=C\CCCCCCCC)C1CO1. The molecule has 0 saturated carbocycles. The summed E-state index contributed by atoms with van der Waals surface area (Å²) in [6.45, 7) is 6.43. The van der Waals surface area contributed by atoms with Crippen molar-refractivity contribution in [2.24, 2.45) is 0 Å². The van der Waals surface area contributed by atoms with Crippen molar-refractivity contribution >= 4 is 0 Å². The fourth-order valence-corrected chi connectivity index (χ4v) is 5.65. The second-order valence-electron chi connectivity index (χ2n) is 12.6. The van der Waals surface area contributed by atoms with Gasteiger partial charge in [-0.25, -0.2) is 0 Å². The van der Waals surface area contributed by atoms with Gasteiger partial charge in [0, 0.05) is 6.61 Å². The molecule has 1 heterocycles. The van der Waals surface area contributed by atoms with Crippen molar-refractivity contribution in [2.75, 3.05) is 13.2 Å². The number of ether oxygens (including phenoxy) is 2. The molecule has 2 atom stereocenters. The molecule has 2 unspecified atom stereocenters. The summed E-state index contributed by atoms with van der Waals surface area (Å²) >= 11 is 0. The van der Waals surface area contributed by atoms with Gasteiger partial charge in [0.1, 0.15) is 6.10 Å². The van der Waals surface area contributed by atoms with E-state index >= 15 is 0 Å². The summed E-state index contributed by atoms with van der Waals surface area (Å²) in [7, 11) is 0. The topological polar surface area (TPSA) is 21.8 Å². The summed E-state index contributed by atoms with van der Waals surface area (Å²) in [6.07, 6.45) is 48.4. The van der Waals surface area contributed by atoms with E-state index in [0.717, 1.165) is 13.2 Å². The lowest BCUT2D eigenvalue weighted by atomic mass is 10.0. The first-order chi connectivity index (χ1) is 19.9. The molecule has 0 amide bonds. The van der Waals surface area contributed by atoms with Crippen LogP contribution in [0.25, 0.3) is 0 Å². The van der Waals surface area contributed by atoms with Crippen molar-refractivity contribution < 1.29 is 9.47 Å². The van der Waals surface area contributed by atoms with Crippen LogP contribution in [0.2, 0.25) is 0 Å². The molecule has 0 spiro atoms. The molecule has 0 aromatic rings. The molecule has 0 bridgehead atoms. The predicted octanol–water partition coefficient (Wildman–Crippen LogP) is 12.8. The molecule has 2 nitrogen and oxygen atoms in total. The Labute approximate surface area is 252 Å². The molecule has 2 heteroatoms. The largest absolute Gasteiger partial charge is 0.375 e. The van der Waals surface area contributed by atoms with Crippen molar-refractivity contribution in [3.8, 4) is 0 Å². The van der Waals surface area contributed by atoms with Crippen LogP contribution < -0.4 is 0 Å². The Balaban J connectivity index is 1.82. The fourth-order valence-electron chi connectivity index (χ4n) is 5.65. The molecular formula is C38H72O2. The van der Waals surface area contributed by atoms with Gasteiger partial charge in [-0.15, -0.1) is 0 Å². The summed E-state index contributed by atoms with van der Waals surface area (Å²) in [6, 6.07) is 0. The molecule has 0 radical (unpaired) electrons. The minimum Gasteiger partial charge on any atom is -0.375 e. The first-order valence-corrected chi connectivity index (χ1v) is 18.4. The summed E-state index contributed by atoms with van der Waals surface area (Å²) in [5.74, 6) is 0. The maximum absolute atomic E-state index is 6.26. The van der Waals surface area contributed by atoms with Crippen molar-refractivity contribution in [3.63, 3.8) is 0 Å². The minimum atomic E-state index is 0.355. The van der Waals surface area contributed by atoms with Crippen LogP contribution in [0.4, 0.5) is 0 Å². The van der Waals surface area contributed by atoms with E-state index in [1.54, 1.807) is 0 Å². The maximum atomic E-state index is 6.26. The smallest absolute Gasteiger partial charge is 0.107 e. The van der Waals surface area contributed by atoms with Crippen LogP contribution in [-0.2, 0) is 9.47 Å².